The Morgan fingerprint density at radius 2 is 2.17 bits per heavy atom. The summed E-state index contributed by atoms with van der Waals surface area (Å²) in [5, 5.41) is 7.93. The fourth-order valence-corrected chi connectivity index (χ4v) is 2.57. The first-order chi connectivity index (χ1) is 8.66. The summed E-state index contributed by atoms with van der Waals surface area (Å²) in [6.45, 7) is 4.07. The van der Waals surface area contributed by atoms with E-state index in [2.05, 4.69) is 44.1 Å². The van der Waals surface area contributed by atoms with Crippen LogP contribution in [0.5, 0.6) is 0 Å². The Labute approximate surface area is 113 Å². The number of aromatic amines is 1. The summed E-state index contributed by atoms with van der Waals surface area (Å²) in [5.74, 6) is 1.81. The van der Waals surface area contributed by atoms with Gasteiger partial charge in [-0.2, -0.15) is 5.10 Å². The van der Waals surface area contributed by atoms with Crippen molar-refractivity contribution in [2.75, 3.05) is 0 Å². The maximum atomic E-state index is 5.80. The highest BCUT2D eigenvalue weighted by molar-refractivity contribution is 9.10. The van der Waals surface area contributed by atoms with E-state index < -0.39 is 0 Å². The number of halogens is 1. The van der Waals surface area contributed by atoms with Crippen LogP contribution in [0, 0.1) is 13.8 Å². The largest absolute Gasteiger partial charge is 0.460 e. The zero-order valence-electron chi connectivity index (χ0n) is 10.1. The number of fused-ring (bicyclic) bond motifs is 1. The number of aromatic nitrogens is 3. The lowest BCUT2D eigenvalue weighted by Crippen LogP contribution is -1.92. The molecule has 0 aliphatic carbocycles. The molecule has 5 heteroatoms. The molecule has 0 aliphatic rings. The van der Waals surface area contributed by atoms with Crippen molar-refractivity contribution in [1.82, 2.24) is 15.2 Å². The van der Waals surface area contributed by atoms with Gasteiger partial charge < -0.3 is 4.42 Å². The van der Waals surface area contributed by atoms with Gasteiger partial charge in [0.05, 0.1) is 4.47 Å². The third-order valence-corrected chi connectivity index (χ3v) is 3.80. The van der Waals surface area contributed by atoms with Crippen LogP contribution in [0.1, 0.15) is 22.7 Å². The van der Waals surface area contributed by atoms with E-state index in [9.17, 15) is 0 Å². The minimum absolute atomic E-state index is 0.726. The van der Waals surface area contributed by atoms with E-state index in [1.807, 2.05) is 13.0 Å². The smallest absolute Gasteiger partial charge is 0.148 e. The zero-order valence-corrected chi connectivity index (χ0v) is 11.7. The first-order valence-corrected chi connectivity index (χ1v) is 6.47. The van der Waals surface area contributed by atoms with Crippen molar-refractivity contribution in [3.05, 3.63) is 45.6 Å². The van der Waals surface area contributed by atoms with Gasteiger partial charge in [-0.1, -0.05) is 6.07 Å². The molecule has 0 saturated carbocycles. The van der Waals surface area contributed by atoms with Crippen molar-refractivity contribution in [2.45, 2.75) is 20.3 Å². The van der Waals surface area contributed by atoms with Crippen molar-refractivity contribution < 1.29 is 4.42 Å². The molecule has 0 spiro atoms. The van der Waals surface area contributed by atoms with Crippen LogP contribution >= 0.6 is 15.9 Å². The molecule has 3 rings (SSSR count). The Morgan fingerprint density at radius 3 is 2.89 bits per heavy atom. The maximum absolute atomic E-state index is 5.80. The molecule has 0 amide bonds. The number of nitrogens with one attached hydrogen (secondary N) is 1. The summed E-state index contributed by atoms with van der Waals surface area (Å²) < 4.78 is 6.78. The van der Waals surface area contributed by atoms with Gasteiger partial charge in [-0.15, -0.1) is 0 Å². The van der Waals surface area contributed by atoms with E-state index in [-0.39, 0.29) is 0 Å². The van der Waals surface area contributed by atoms with Crippen LogP contribution < -0.4 is 0 Å². The van der Waals surface area contributed by atoms with Crippen LogP contribution in [0.15, 0.2) is 27.3 Å². The minimum atomic E-state index is 0.726. The lowest BCUT2D eigenvalue weighted by molar-refractivity contribution is 0.573. The molecule has 1 aromatic carbocycles. The standard InChI is InChI=1S/C13H12BrN3O/c1-7-8(2)18-13-10(14)4-3-9(12(7)13)5-11-15-6-16-17-11/h3-4,6H,5H2,1-2H3,(H,15,16,17). The predicted octanol–water partition coefficient (Wildman–Crippen LogP) is 3.52. The highest BCUT2D eigenvalue weighted by Crippen LogP contribution is 2.34. The Bertz CT molecular complexity index is 701. The van der Waals surface area contributed by atoms with Gasteiger partial charge in [0.15, 0.2) is 0 Å². The number of hydrogen-bond donors (Lipinski definition) is 1. The summed E-state index contributed by atoms with van der Waals surface area (Å²) >= 11 is 3.53. The Balaban J connectivity index is 2.20. The Morgan fingerprint density at radius 1 is 1.33 bits per heavy atom. The van der Waals surface area contributed by atoms with Gasteiger partial charge in [0, 0.05) is 11.8 Å². The molecular weight excluding hydrogens is 294 g/mol. The lowest BCUT2D eigenvalue weighted by atomic mass is 10.0. The highest BCUT2D eigenvalue weighted by Gasteiger charge is 2.14. The molecule has 4 nitrogen and oxygen atoms in total. The van der Waals surface area contributed by atoms with Crippen LogP contribution in [0.4, 0.5) is 0 Å². The van der Waals surface area contributed by atoms with Gasteiger partial charge in [-0.3, -0.25) is 5.10 Å². The molecule has 0 saturated heterocycles. The molecule has 0 bridgehead atoms. The topological polar surface area (TPSA) is 54.7 Å². The highest BCUT2D eigenvalue weighted by atomic mass is 79.9. The zero-order chi connectivity index (χ0) is 12.7. The van der Waals surface area contributed by atoms with Gasteiger partial charge >= 0.3 is 0 Å². The molecule has 0 unspecified atom stereocenters. The van der Waals surface area contributed by atoms with Crippen molar-refractivity contribution in [1.29, 1.82) is 0 Å². The molecule has 18 heavy (non-hydrogen) atoms. The summed E-state index contributed by atoms with van der Waals surface area (Å²) in [5.41, 5.74) is 3.28. The second-order valence-electron chi connectivity index (χ2n) is 4.30. The van der Waals surface area contributed by atoms with Crippen LogP contribution in [-0.4, -0.2) is 15.2 Å². The molecule has 3 aromatic rings. The average molecular weight is 306 g/mol. The van der Waals surface area contributed by atoms with E-state index in [1.54, 1.807) is 0 Å². The van der Waals surface area contributed by atoms with E-state index in [1.165, 1.54) is 22.8 Å². The first-order valence-electron chi connectivity index (χ1n) is 5.68. The van der Waals surface area contributed by atoms with Crippen LogP contribution in [-0.2, 0) is 6.42 Å². The van der Waals surface area contributed by atoms with Gasteiger partial charge in [0.1, 0.15) is 23.5 Å². The molecular formula is C13H12BrN3O. The number of aryl methyl sites for hydroxylation is 2. The van der Waals surface area contributed by atoms with Crippen molar-refractivity contribution in [3.8, 4) is 0 Å². The van der Waals surface area contributed by atoms with Gasteiger partial charge in [-0.25, -0.2) is 4.98 Å². The van der Waals surface area contributed by atoms with Gasteiger partial charge in [0.25, 0.3) is 0 Å². The lowest BCUT2D eigenvalue weighted by Gasteiger charge is -2.02. The minimum Gasteiger partial charge on any atom is -0.460 e. The van der Waals surface area contributed by atoms with Crippen molar-refractivity contribution in [2.24, 2.45) is 0 Å². The second kappa shape index (κ2) is 4.24. The number of H-pyrrole nitrogens is 1. The summed E-state index contributed by atoms with van der Waals surface area (Å²) in [7, 11) is 0. The molecule has 92 valence electrons. The maximum Gasteiger partial charge on any atom is 0.148 e. The van der Waals surface area contributed by atoms with E-state index in [4.69, 9.17) is 4.42 Å². The molecule has 0 radical (unpaired) electrons. The van der Waals surface area contributed by atoms with Crippen molar-refractivity contribution >= 4 is 26.9 Å². The third kappa shape index (κ3) is 1.75. The van der Waals surface area contributed by atoms with Crippen LogP contribution in [0.25, 0.3) is 11.0 Å². The normalized spacial score (nSPS) is 11.3. The van der Waals surface area contributed by atoms with Gasteiger partial charge in [0.2, 0.25) is 0 Å². The molecule has 2 aromatic heterocycles. The number of hydrogen-bond acceptors (Lipinski definition) is 3. The van der Waals surface area contributed by atoms with E-state index >= 15 is 0 Å². The fourth-order valence-electron chi connectivity index (χ4n) is 2.16. The van der Waals surface area contributed by atoms with Gasteiger partial charge in [-0.05, 0) is 47.0 Å². The number of nitrogens with zero attached hydrogens (tertiary/aromatic N) is 2. The predicted molar refractivity (Wildman–Crippen MR) is 72.6 cm³/mol. The molecule has 0 atom stereocenters. The Hall–Kier alpha value is -1.62. The second-order valence-corrected chi connectivity index (χ2v) is 5.16. The molecule has 1 N–H and O–H groups in total. The van der Waals surface area contributed by atoms with Crippen LogP contribution in [0.2, 0.25) is 0 Å². The fraction of sp³-hybridized carbons (Fsp3) is 0.231. The quantitative estimate of drug-likeness (QED) is 0.788. The Kier molecular flexibility index (Phi) is 2.70. The molecule has 0 aliphatic heterocycles. The first kappa shape index (κ1) is 11.5. The average Bonchev–Trinajstić information content (AvgIpc) is 2.94. The summed E-state index contributed by atoms with van der Waals surface area (Å²) in [6, 6.07) is 4.10. The summed E-state index contributed by atoms with van der Waals surface area (Å²) in [4.78, 5) is 4.17. The molecule has 2 heterocycles. The summed E-state index contributed by atoms with van der Waals surface area (Å²) in [6.07, 6.45) is 2.25. The molecule has 0 fully saturated rings. The van der Waals surface area contributed by atoms with E-state index in [0.29, 0.717) is 0 Å². The van der Waals surface area contributed by atoms with E-state index in [0.717, 1.165) is 28.1 Å². The van der Waals surface area contributed by atoms with Crippen LogP contribution in [0.3, 0.4) is 0 Å². The number of furan rings is 1. The monoisotopic (exact) mass is 305 g/mol. The number of benzene rings is 1. The third-order valence-electron chi connectivity index (χ3n) is 3.18. The SMILES string of the molecule is Cc1oc2c(Br)ccc(Cc3ncn[nH]3)c2c1C. The number of rotatable bonds is 2. The van der Waals surface area contributed by atoms with Crippen molar-refractivity contribution in [3.63, 3.8) is 0 Å².